The number of hydrogen-bond acceptors (Lipinski definition) is 11. The van der Waals surface area contributed by atoms with E-state index in [0.717, 1.165) is 95.3 Å². The summed E-state index contributed by atoms with van der Waals surface area (Å²) < 4.78 is 37.8. The van der Waals surface area contributed by atoms with Gasteiger partial charge in [0.2, 0.25) is 0 Å². The molecule has 72 heavy (non-hydrogen) atoms. The summed E-state index contributed by atoms with van der Waals surface area (Å²) in [6, 6.07) is 39.0. The maximum Gasteiger partial charge on any atom is 0.762 e. The maximum atomic E-state index is 11.8. The predicted octanol–water partition coefficient (Wildman–Crippen LogP) is 12.1. The number of phenolic OH excluding ortho intramolecular Hbond substituents is 1. The van der Waals surface area contributed by atoms with E-state index in [1.807, 2.05) is 117 Å². The zero-order valence-electron chi connectivity index (χ0n) is 40.9. The SMILES string of the molecule is CC(=O)Cc1ccccc1-c1cc(-c2cnn(CC#N)c2-c2cc(C)cc(O)c2)ccn1.COc1cc(C)cc(-c2c(-c3ccnc(-c4ccccc4CC(C)=O)c3)cnn2CC#N)c1.CSC.FB(F)F. The smallest absolute Gasteiger partial charge is 0.508 e. The molecule has 0 saturated heterocycles. The summed E-state index contributed by atoms with van der Waals surface area (Å²) >= 11 is 1.75. The third kappa shape index (κ3) is 14.9. The highest BCUT2D eigenvalue weighted by atomic mass is 32.2. The molecule has 0 aliphatic carbocycles. The fourth-order valence-corrected chi connectivity index (χ4v) is 7.95. The van der Waals surface area contributed by atoms with Gasteiger partial charge >= 0.3 is 7.54 Å². The van der Waals surface area contributed by atoms with Crippen LogP contribution in [0.15, 0.2) is 134 Å². The minimum atomic E-state index is -3.67. The molecule has 0 fully saturated rings. The van der Waals surface area contributed by atoms with Crippen LogP contribution in [0.1, 0.15) is 36.1 Å². The number of carbonyl (C=O) groups is 2. The van der Waals surface area contributed by atoms with E-state index in [4.69, 9.17) is 4.74 Å². The minimum Gasteiger partial charge on any atom is -0.508 e. The number of benzene rings is 4. The van der Waals surface area contributed by atoms with Crippen molar-refractivity contribution in [3.63, 3.8) is 0 Å². The van der Waals surface area contributed by atoms with E-state index in [9.17, 15) is 38.2 Å². The predicted molar refractivity (Wildman–Crippen MR) is 279 cm³/mol. The molecule has 4 aromatic heterocycles. The van der Waals surface area contributed by atoms with Gasteiger partial charge in [0.15, 0.2) is 0 Å². The molecular formula is C55H52BF3N8O4S. The lowest BCUT2D eigenvalue weighted by atomic mass is 9.96. The average molecular weight is 989 g/mol. The molecule has 4 aromatic carbocycles. The van der Waals surface area contributed by atoms with Crippen molar-refractivity contribution in [2.75, 3.05) is 19.6 Å². The van der Waals surface area contributed by atoms with Crippen LogP contribution in [-0.2, 0) is 35.5 Å². The van der Waals surface area contributed by atoms with Crippen LogP contribution in [0.5, 0.6) is 11.5 Å². The van der Waals surface area contributed by atoms with Gasteiger partial charge in [-0.25, -0.2) is 0 Å². The van der Waals surface area contributed by atoms with Gasteiger partial charge in [-0.15, -0.1) is 0 Å². The first kappa shape index (κ1) is 54.7. The Morgan fingerprint density at radius 1 is 0.639 bits per heavy atom. The molecule has 0 atom stereocenters. The number of nitrogens with zero attached hydrogens (tertiary/aromatic N) is 8. The second kappa shape index (κ2) is 26.6. The molecule has 366 valence electrons. The van der Waals surface area contributed by atoms with Gasteiger partial charge in [0.1, 0.15) is 36.2 Å². The Morgan fingerprint density at radius 3 is 1.46 bits per heavy atom. The minimum absolute atomic E-state index is 0.0867. The lowest BCUT2D eigenvalue weighted by Gasteiger charge is -2.12. The number of methoxy groups -OCH3 is 1. The maximum absolute atomic E-state index is 11.8. The van der Waals surface area contributed by atoms with Gasteiger partial charge < -0.3 is 9.84 Å². The normalized spacial score (nSPS) is 10.2. The lowest BCUT2D eigenvalue weighted by molar-refractivity contribution is -0.117. The topological polar surface area (TPSA) is 173 Å². The van der Waals surface area contributed by atoms with Crippen LogP contribution in [0.25, 0.3) is 67.3 Å². The molecule has 8 aromatic rings. The zero-order chi connectivity index (χ0) is 52.3. The number of phenols is 1. The van der Waals surface area contributed by atoms with Crippen LogP contribution >= 0.6 is 11.8 Å². The van der Waals surface area contributed by atoms with Crippen LogP contribution in [-0.4, -0.2) is 73.4 Å². The Hall–Kier alpha value is -8.28. The first-order chi connectivity index (χ1) is 34.6. The van der Waals surface area contributed by atoms with Gasteiger partial charge in [-0.1, -0.05) is 48.5 Å². The fourth-order valence-electron chi connectivity index (χ4n) is 7.95. The van der Waals surface area contributed by atoms with Crippen LogP contribution in [0.3, 0.4) is 0 Å². The number of pyridine rings is 2. The summed E-state index contributed by atoms with van der Waals surface area (Å²) in [5.74, 6) is 1.10. The highest BCUT2D eigenvalue weighted by Gasteiger charge is 2.20. The highest BCUT2D eigenvalue weighted by molar-refractivity contribution is 7.97. The van der Waals surface area contributed by atoms with Crippen LogP contribution in [0.4, 0.5) is 12.9 Å². The van der Waals surface area contributed by atoms with Gasteiger partial charge in [-0.2, -0.15) is 32.5 Å². The summed E-state index contributed by atoms with van der Waals surface area (Å²) in [6.45, 7) is 7.30. The summed E-state index contributed by atoms with van der Waals surface area (Å²) in [7, 11) is -2.03. The number of nitriles is 2. The van der Waals surface area contributed by atoms with E-state index in [1.165, 1.54) is 0 Å². The van der Waals surface area contributed by atoms with E-state index < -0.39 is 7.54 Å². The number of ether oxygens (including phenoxy) is 1. The molecule has 0 saturated carbocycles. The molecule has 8 rings (SSSR count). The van der Waals surface area contributed by atoms with Crippen molar-refractivity contribution < 1.29 is 32.4 Å². The first-order valence-corrected chi connectivity index (χ1v) is 24.0. The summed E-state index contributed by atoms with van der Waals surface area (Å²) in [5.41, 5.74) is 14.0. The number of aromatic hydroxyl groups is 1. The third-order valence-corrected chi connectivity index (χ3v) is 10.6. The van der Waals surface area contributed by atoms with Gasteiger partial charge in [-0.3, -0.25) is 41.9 Å². The van der Waals surface area contributed by atoms with E-state index in [-0.39, 0.29) is 30.4 Å². The number of thioether (sulfide) groups is 1. The molecule has 0 amide bonds. The number of halogens is 3. The molecular weight excluding hydrogens is 937 g/mol. The number of carbonyl (C=O) groups excluding carboxylic acids is 2. The van der Waals surface area contributed by atoms with Gasteiger partial charge in [-0.05, 0) is 134 Å². The van der Waals surface area contributed by atoms with E-state index in [2.05, 4.69) is 38.4 Å². The third-order valence-electron chi connectivity index (χ3n) is 10.6. The number of ketones is 2. The molecule has 0 spiro atoms. The number of hydrogen-bond donors (Lipinski definition) is 1. The van der Waals surface area contributed by atoms with Gasteiger partial charge in [0.05, 0.1) is 54.4 Å². The van der Waals surface area contributed by atoms with Gasteiger partial charge in [0, 0.05) is 58.6 Å². The van der Waals surface area contributed by atoms with Crippen molar-refractivity contribution in [2.45, 2.75) is 53.6 Å². The monoisotopic (exact) mass is 988 g/mol. The summed E-state index contributed by atoms with van der Waals surface area (Å²) in [4.78, 5) is 32.6. The van der Waals surface area contributed by atoms with Crippen LogP contribution in [0, 0.1) is 36.5 Å². The molecule has 0 bridgehead atoms. The number of rotatable bonds is 13. The zero-order valence-corrected chi connectivity index (χ0v) is 41.7. The molecule has 0 aliphatic heterocycles. The van der Waals surface area contributed by atoms with Crippen LogP contribution in [0.2, 0.25) is 0 Å². The largest absolute Gasteiger partial charge is 0.762 e. The molecule has 4 heterocycles. The summed E-state index contributed by atoms with van der Waals surface area (Å²) in [6.07, 6.45) is 11.8. The lowest BCUT2D eigenvalue weighted by Crippen LogP contribution is -2.01. The first-order valence-electron chi connectivity index (χ1n) is 22.3. The van der Waals surface area contributed by atoms with Crippen molar-refractivity contribution in [3.05, 3.63) is 156 Å². The van der Waals surface area contributed by atoms with Crippen molar-refractivity contribution in [1.82, 2.24) is 29.5 Å². The Balaban J connectivity index is 0.000000237. The Morgan fingerprint density at radius 2 is 1.06 bits per heavy atom. The highest BCUT2D eigenvalue weighted by Crippen LogP contribution is 2.38. The number of aromatic nitrogens is 6. The second-order valence-corrected chi connectivity index (χ2v) is 17.1. The molecule has 0 radical (unpaired) electrons. The Kier molecular flexibility index (Phi) is 20.2. The molecule has 0 unspecified atom stereocenters. The number of aryl methyl sites for hydroxylation is 2. The standard InChI is InChI=1S/C27H24N4O2.C26H22N4O2.C2H6S.BF3/c1-18-12-22(15-23(13-18)33-3)27-25(17-30-31(27)11-9-28)21-8-10-29-26(16-21)24-7-5-4-6-20(24)14-19(2)32;1-17-11-21(14-22(32)12-17)26-24(16-29-30(26)10-8-27)20-7-9-28-25(15-20)23-6-4-3-5-19(23)13-18(2)31;1-3-2;2-1(3)4/h4-8,10,12-13,15-17H,11,14H2,1-3H3;3-7,9,11-12,14-16,32H,10,13H2,1-2H3;1-2H3;. The second-order valence-electron chi connectivity index (χ2n) is 16.3. The quantitative estimate of drug-likeness (QED) is 0.109. The van der Waals surface area contributed by atoms with Crippen molar-refractivity contribution in [3.8, 4) is 90.9 Å². The van der Waals surface area contributed by atoms with Gasteiger partial charge in [0.25, 0.3) is 0 Å². The molecule has 12 nitrogen and oxygen atoms in total. The fraction of sp³-hybridized carbons (Fsp3) is 0.200. The van der Waals surface area contributed by atoms with Crippen molar-refractivity contribution in [2.24, 2.45) is 0 Å². The summed E-state index contributed by atoms with van der Waals surface area (Å²) in [5, 5.41) is 37.7. The van der Waals surface area contributed by atoms with Crippen LogP contribution < -0.4 is 4.74 Å². The molecule has 1 N–H and O–H groups in total. The molecule has 17 heteroatoms. The average Bonchev–Trinajstić information content (AvgIpc) is 3.96. The van der Waals surface area contributed by atoms with E-state index >= 15 is 0 Å². The van der Waals surface area contributed by atoms with E-state index in [0.29, 0.717) is 12.8 Å². The Labute approximate surface area is 422 Å². The van der Waals surface area contributed by atoms with E-state index in [1.54, 1.807) is 79.0 Å². The van der Waals surface area contributed by atoms with Crippen molar-refractivity contribution in [1.29, 1.82) is 10.5 Å². The molecule has 0 aliphatic rings. The number of Topliss-reactive ketones (excluding diaryl/α,β-unsaturated/α-hetero) is 2. The van der Waals surface area contributed by atoms with Crippen molar-refractivity contribution >= 4 is 30.9 Å². The Bertz CT molecular complexity index is 3210.